The zero-order chi connectivity index (χ0) is 27.7. The maximum absolute atomic E-state index is 13.9. The van der Waals surface area contributed by atoms with Gasteiger partial charge in [-0.2, -0.15) is 0 Å². The summed E-state index contributed by atoms with van der Waals surface area (Å²) in [7, 11) is 3.85. The van der Waals surface area contributed by atoms with Gasteiger partial charge in [-0.3, -0.25) is 15.2 Å². The zero-order valence-electron chi connectivity index (χ0n) is 22.7. The molecule has 38 heavy (non-hydrogen) atoms. The summed E-state index contributed by atoms with van der Waals surface area (Å²) < 4.78 is 20.2. The van der Waals surface area contributed by atoms with E-state index in [9.17, 15) is 9.18 Å². The third-order valence-corrected chi connectivity index (χ3v) is 6.01. The van der Waals surface area contributed by atoms with Gasteiger partial charge in [0.1, 0.15) is 18.2 Å². The Balaban J connectivity index is 1.87. The standard InChI is InChI=1S/C30H36FN5O2/c1-22-8-9-33-27(14-22)19-36(21-37)12-13-38-30-24(3)15-25(18-35(20-32)11-10-34(4)5)17-29(30)28-7-6-26(31)16-23(28)2/h6-11,14-17,20-21,32H,12-13,18-19H2,1-5H3/b11-10-,32-20?. The van der Waals surface area contributed by atoms with Crippen LogP contribution >= 0.6 is 0 Å². The Labute approximate surface area is 224 Å². The van der Waals surface area contributed by atoms with E-state index in [2.05, 4.69) is 4.98 Å². The van der Waals surface area contributed by atoms with Crippen molar-refractivity contribution in [3.05, 3.63) is 94.8 Å². The van der Waals surface area contributed by atoms with Gasteiger partial charge in [0, 0.05) is 44.8 Å². The molecule has 200 valence electrons. The fourth-order valence-corrected chi connectivity index (χ4v) is 4.16. The molecule has 0 atom stereocenters. The molecule has 8 heteroatoms. The highest BCUT2D eigenvalue weighted by Gasteiger charge is 2.16. The summed E-state index contributed by atoms with van der Waals surface area (Å²) in [5.74, 6) is 0.394. The van der Waals surface area contributed by atoms with Gasteiger partial charge in [-0.05, 0) is 78.9 Å². The lowest BCUT2D eigenvalue weighted by molar-refractivity contribution is -0.119. The van der Waals surface area contributed by atoms with Gasteiger partial charge in [0.2, 0.25) is 6.41 Å². The van der Waals surface area contributed by atoms with E-state index in [1.807, 2.05) is 76.4 Å². The van der Waals surface area contributed by atoms with E-state index < -0.39 is 0 Å². The minimum absolute atomic E-state index is 0.288. The predicted molar refractivity (Wildman–Crippen MR) is 149 cm³/mol. The van der Waals surface area contributed by atoms with Crippen LogP contribution in [0.2, 0.25) is 0 Å². The summed E-state index contributed by atoms with van der Waals surface area (Å²) in [5.41, 5.74) is 6.32. The first-order valence-corrected chi connectivity index (χ1v) is 12.4. The number of nitrogens with one attached hydrogen (secondary N) is 1. The lowest BCUT2D eigenvalue weighted by Gasteiger charge is -2.22. The first-order valence-electron chi connectivity index (χ1n) is 12.4. The molecule has 1 N–H and O–H groups in total. The number of amides is 1. The Morgan fingerprint density at radius 2 is 1.76 bits per heavy atom. The summed E-state index contributed by atoms with van der Waals surface area (Å²) in [6.45, 7) is 7.40. The first-order chi connectivity index (χ1) is 18.2. The van der Waals surface area contributed by atoms with Gasteiger partial charge in [0.25, 0.3) is 0 Å². The predicted octanol–water partition coefficient (Wildman–Crippen LogP) is 5.29. The fourth-order valence-electron chi connectivity index (χ4n) is 4.16. The van der Waals surface area contributed by atoms with Crippen LogP contribution in [-0.2, 0) is 17.9 Å². The Hall–Kier alpha value is -4.20. The van der Waals surface area contributed by atoms with Crippen molar-refractivity contribution < 1.29 is 13.9 Å². The van der Waals surface area contributed by atoms with Gasteiger partial charge in [-0.1, -0.05) is 12.1 Å². The van der Waals surface area contributed by atoms with Gasteiger partial charge in [0.15, 0.2) is 0 Å². The van der Waals surface area contributed by atoms with Crippen molar-refractivity contribution in [3.8, 4) is 16.9 Å². The normalized spacial score (nSPS) is 10.9. The molecular formula is C30H36FN5O2. The highest BCUT2D eigenvalue weighted by molar-refractivity contribution is 5.75. The monoisotopic (exact) mass is 517 g/mol. The molecular weight excluding hydrogens is 481 g/mol. The molecule has 0 aliphatic heterocycles. The van der Waals surface area contributed by atoms with Crippen LogP contribution in [0.1, 0.15) is 27.9 Å². The summed E-state index contributed by atoms with van der Waals surface area (Å²) in [5, 5.41) is 7.79. The molecule has 1 heterocycles. The van der Waals surface area contributed by atoms with Crippen molar-refractivity contribution in [2.24, 2.45) is 0 Å². The quantitative estimate of drug-likeness (QED) is 0.189. The maximum atomic E-state index is 13.9. The van der Waals surface area contributed by atoms with Gasteiger partial charge in [0.05, 0.1) is 25.1 Å². The Morgan fingerprint density at radius 3 is 2.42 bits per heavy atom. The molecule has 0 unspecified atom stereocenters. The van der Waals surface area contributed by atoms with Crippen molar-refractivity contribution in [1.82, 2.24) is 19.7 Å². The number of aryl methyl sites for hydroxylation is 3. The largest absolute Gasteiger partial charge is 0.491 e. The van der Waals surface area contributed by atoms with Gasteiger partial charge < -0.3 is 19.4 Å². The van der Waals surface area contributed by atoms with E-state index in [4.69, 9.17) is 10.1 Å². The van der Waals surface area contributed by atoms with Crippen molar-refractivity contribution in [1.29, 1.82) is 5.41 Å². The molecule has 3 rings (SSSR count). The van der Waals surface area contributed by atoms with Crippen LogP contribution in [0.5, 0.6) is 5.75 Å². The molecule has 0 saturated heterocycles. The van der Waals surface area contributed by atoms with E-state index in [1.54, 1.807) is 22.1 Å². The van der Waals surface area contributed by atoms with Gasteiger partial charge in [-0.15, -0.1) is 0 Å². The Bertz CT molecular complexity index is 1290. The van der Waals surface area contributed by atoms with E-state index >= 15 is 0 Å². The second kappa shape index (κ2) is 13.4. The number of ether oxygens (including phenoxy) is 1. The van der Waals surface area contributed by atoms with Crippen molar-refractivity contribution >= 4 is 12.7 Å². The molecule has 0 bridgehead atoms. The van der Waals surface area contributed by atoms with Gasteiger partial charge in [-0.25, -0.2) is 4.39 Å². The SMILES string of the molecule is Cc1ccnc(CN(C=O)CCOc2c(C)cc(CN(C=N)/C=C\N(C)C)cc2-c2ccc(F)cc2C)c1. The number of halogens is 1. The number of nitrogens with zero attached hydrogens (tertiary/aromatic N) is 4. The van der Waals surface area contributed by atoms with E-state index in [-0.39, 0.29) is 12.4 Å². The Morgan fingerprint density at radius 1 is 0.974 bits per heavy atom. The molecule has 0 spiro atoms. The molecule has 0 radical (unpaired) electrons. The average Bonchev–Trinajstić information content (AvgIpc) is 2.87. The van der Waals surface area contributed by atoms with Crippen LogP contribution in [0.15, 0.2) is 61.1 Å². The summed E-state index contributed by atoms with van der Waals surface area (Å²) in [6.07, 6.45) is 7.54. The molecule has 2 aromatic carbocycles. The lowest BCUT2D eigenvalue weighted by Crippen LogP contribution is -2.27. The molecule has 0 aliphatic rings. The molecule has 0 saturated carbocycles. The van der Waals surface area contributed by atoms with Crippen LogP contribution in [0.3, 0.4) is 0 Å². The van der Waals surface area contributed by atoms with E-state index in [0.29, 0.717) is 25.4 Å². The second-order valence-corrected chi connectivity index (χ2v) is 9.56. The van der Waals surface area contributed by atoms with E-state index in [0.717, 1.165) is 45.5 Å². The Kier molecular flexibility index (Phi) is 9.99. The van der Waals surface area contributed by atoms with Crippen molar-refractivity contribution in [2.45, 2.75) is 33.9 Å². The number of benzene rings is 2. The third-order valence-electron chi connectivity index (χ3n) is 6.01. The number of rotatable bonds is 13. The summed E-state index contributed by atoms with van der Waals surface area (Å²) in [4.78, 5) is 21.4. The van der Waals surface area contributed by atoms with E-state index in [1.165, 1.54) is 18.5 Å². The molecule has 7 nitrogen and oxygen atoms in total. The summed E-state index contributed by atoms with van der Waals surface area (Å²) in [6, 6.07) is 12.7. The number of hydrogen-bond donors (Lipinski definition) is 1. The first kappa shape index (κ1) is 28.4. The van der Waals surface area contributed by atoms with Crippen molar-refractivity contribution in [3.63, 3.8) is 0 Å². The number of pyridine rings is 1. The van der Waals surface area contributed by atoms with Crippen molar-refractivity contribution in [2.75, 3.05) is 27.2 Å². The van der Waals surface area contributed by atoms with Crippen LogP contribution in [0.25, 0.3) is 11.1 Å². The second-order valence-electron chi connectivity index (χ2n) is 9.56. The van der Waals surface area contributed by atoms with Crippen LogP contribution in [0.4, 0.5) is 4.39 Å². The number of aromatic nitrogens is 1. The minimum atomic E-state index is -0.295. The van der Waals surface area contributed by atoms with Crippen LogP contribution in [-0.4, -0.2) is 59.7 Å². The highest BCUT2D eigenvalue weighted by Crippen LogP contribution is 2.37. The molecule has 1 aromatic heterocycles. The highest BCUT2D eigenvalue weighted by atomic mass is 19.1. The topological polar surface area (TPSA) is 72.8 Å². The third kappa shape index (κ3) is 7.90. The molecule has 0 aliphatic carbocycles. The van der Waals surface area contributed by atoms with Crippen LogP contribution < -0.4 is 4.74 Å². The molecule has 3 aromatic rings. The number of hydrogen-bond acceptors (Lipinski definition) is 5. The average molecular weight is 518 g/mol. The lowest BCUT2D eigenvalue weighted by atomic mass is 9.95. The smallest absolute Gasteiger partial charge is 0.210 e. The number of carbonyl (C=O) groups excluding carboxylic acids is 1. The van der Waals surface area contributed by atoms with Crippen LogP contribution in [0, 0.1) is 32.0 Å². The maximum Gasteiger partial charge on any atom is 0.210 e. The fraction of sp³-hybridized carbons (Fsp3) is 0.300. The zero-order valence-corrected chi connectivity index (χ0v) is 22.7. The summed E-state index contributed by atoms with van der Waals surface area (Å²) >= 11 is 0. The molecule has 1 amide bonds. The van der Waals surface area contributed by atoms with Gasteiger partial charge >= 0.3 is 0 Å². The molecule has 0 fully saturated rings. The minimum Gasteiger partial charge on any atom is -0.491 e. The number of carbonyl (C=O) groups is 1.